The molecule has 4 aromatic rings. The molecule has 0 radical (unpaired) electrons. The fourth-order valence-corrected chi connectivity index (χ4v) is 11.0. The summed E-state index contributed by atoms with van der Waals surface area (Å²) in [7, 11) is -1.82. The standard InChI is InChI=1S/C64H97NO9Si/c1-7-8-9-10-11-12-13-14-21-26-39-55(71-57(66)40-27-22-17-15-19-24-33-49-42-44-51-35-29-31-37-53(51)46-49)62(69)65-59-61(60(68)56(48-70-64(2,3)4)72-63(59)74-75(5)6)73-58(67)41-28-23-18-16-20-25-34-50-43-45-52-36-30-32-38-54(52)47-50/h29-32,35-38,42-47,55-56,59-61,63,68,75H,7-28,33-34,39-41,48H2,1-6H3,(H,65,69)/t55?,56-,59-,60-,61-,63?/m1/s1. The number of ether oxygens (including phenoxy) is 4. The number of fused-ring (bicyclic) bond motifs is 2. The first kappa shape index (κ1) is 61.7. The third-order valence-corrected chi connectivity index (χ3v) is 15.4. The van der Waals surface area contributed by atoms with Crippen molar-refractivity contribution >= 4 is 48.4 Å². The maximum absolute atomic E-state index is 14.5. The minimum absolute atomic E-state index is 0.0318. The van der Waals surface area contributed by atoms with Crippen molar-refractivity contribution in [2.75, 3.05) is 6.61 Å². The molecule has 1 saturated heterocycles. The van der Waals surface area contributed by atoms with Gasteiger partial charge in [0.25, 0.3) is 5.91 Å². The molecule has 416 valence electrons. The Morgan fingerprint density at radius 2 is 1.08 bits per heavy atom. The van der Waals surface area contributed by atoms with E-state index in [1.54, 1.807) is 0 Å². The van der Waals surface area contributed by atoms with Gasteiger partial charge in [0, 0.05) is 12.8 Å². The lowest BCUT2D eigenvalue weighted by Gasteiger charge is -2.45. The number of carbonyl (C=O) groups excluding carboxylic acids is 3. The predicted octanol–water partition coefficient (Wildman–Crippen LogP) is 14.8. The average molecular weight is 1050 g/mol. The molecule has 1 fully saturated rings. The molecule has 6 atom stereocenters. The number of carbonyl (C=O) groups is 3. The average Bonchev–Trinajstić information content (AvgIpc) is 3.39. The number of benzene rings is 4. The van der Waals surface area contributed by atoms with Gasteiger partial charge in [-0.15, -0.1) is 0 Å². The molecule has 2 N–H and O–H groups in total. The number of esters is 2. The maximum Gasteiger partial charge on any atom is 0.306 e. The van der Waals surface area contributed by atoms with Crippen LogP contribution in [0.25, 0.3) is 21.5 Å². The van der Waals surface area contributed by atoms with Gasteiger partial charge in [0.15, 0.2) is 27.5 Å². The summed E-state index contributed by atoms with van der Waals surface area (Å²) in [5, 5.41) is 20.1. The number of amides is 1. The molecule has 1 aliphatic rings. The molecule has 1 aliphatic heterocycles. The smallest absolute Gasteiger partial charge is 0.306 e. The zero-order valence-corrected chi connectivity index (χ0v) is 48.3. The Morgan fingerprint density at radius 1 is 0.613 bits per heavy atom. The Labute approximate surface area is 453 Å². The summed E-state index contributed by atoms with van der Waals surface area (Å²) in [5.41, 5.74) is 2.21. The summed E-state index contributed by atoms with van der Waals surface area (Å²) < 4.78 is 31.1. The first-order valence-electron chi connectivity index (χ1n) is 29.6. The van der Waals surface area contributed by atoms with Crippen molar-refractivity contribution in [1.82, 2.24) is 5.32 Å². The van der Waals surface area contributed by atoms with Crippen LogP contribution in [0.2, 0.25) is 13.1 Å². The van der Waals surface area contributed by atoms with E-state index in [0.717, 1.165) is 103 Å². The zero-order chi connectivity index (χ0) is 53.7. The van der Waals surface area contributed by atoms with E-state index in [2.05, 4.69) is 97.2 Å². The number of aliphatic hydroxyl groups excluding tert-OH is 1. The van der Waals surface area contributed by atoms with E-state index in [-0.39, 0.29) is 19.4 Å². The van der Waals surface area contributed by atoms with E-state index in [4.69, 9.17) is 23.4 Å². The monoisotopic (exact) mass is 1050 g/mol. The number of hydrogen-bond donors (Lipinski definition) is 2. The van der Waals surface area contributed by atoms with Gasteiger partial charge in [-0.05, 0) is 118 Å². The van der Waals surface area contributed by atoms with Gasteiger partial charge in [-0.3, -0.25) is 14.4 Å². The fraction of sp³-hybridized carbons (Fsp3) is 0.641. The highest BCUT2D eigenvalue weighted by atomic mass is 28.3. The van der Waals surface area contributed by atoms with Crippen molar-refractivity contribution in [3.05, 3.63) is 96.1 Å². The lowest BCUT2D eigenvalue weighted by molar-refractivity contribution is -0.259. The van der Waals surface area contributed by atoms with Crippen LogP contribution in [0.4, 0.5) is 0 Å². The molecule has 0 saturated carbocycles. The summed E-state index contributed by atoms with van der Waals surface area (Å²) >= 11 is 0. The highest BCUT2D eigenvalue weighted by molar-refractivity contribution is 6.48. The molecular formula is C64H97NO9Si. The Morgan fingerprint density at radius 3 is 1.59 bits per heavy atom. The van der Waals surface area contributed by atoms with Crippen LogP contribution in [0.3, 0.4) is 0 Å². The van der Waals surface area contributed by atoms with Gasteiger partial charge in [-0.2, -0.15) is 0 Å². The molecule has 0 spiro atoms. The van der Waals surface area contributed by atoms with Crippen molar-refractivity contribution in [3.63, 3.8) is 0 Å². The molecule has 0 aromatic heterocycles. The quantitative estimate of drug-likeness (QED) is 0.0258. The van der Waals surface area contributed by atoms with Gasteiger partial charge in [-0.1, -0.05) is 201 Å². The molecule has 0 aliphatic carbocycles. The summed E-state index contributed by atoms with van der Waals surface area (Å²) in [4.78, 5) is 41.7. The zero-order valence-electron chi connectivity index (χ0n) is 47.1. The molecule has 0 bridgehead atoms. The number of aryl methyl sites for hydroxylation is 2. The van der Waals surface area contributed by atoms with Gasteiger partial charge in [0.1, 0.15) is 18.2 Å². The number of aliphatic hydroxyl groups is 1. The van der Waals surface area contributed by atoms with Crippen LogP contribution >= 0.6 is 0 Å². The molecule has 4 aromatic carbocycles. The molecule has 2 unspecified atom stereocenters. The first-order chi connectivity index (χ1) is 36.3. The molecule has 1 amide bonds. The number of hydrogen-bond acceptors (Lipinski definition) is 9. The van der Waals surface area contributed by atoms with Crippen molar-refractivity contribution < 1.29 is 42.9 Å². The van der Waals surface area contributed by atoms with Gasteiger partial charge in [0.05, 0.1) is 12.2 Å². The number of unbranched alkanes of at least 4 members (excludes halogenated alkanes) is 19. The topological polar surface area (TPSA) is 130 Å². The molecule has 10 nitrogen and oxygen atoms in total. The van der Waals surface area contributed by atoms with Gasteiger partial charge < -0.3 is 33.8 Å². The maximum atomic E-state index is 14.5. The largest absolute Gasteiger partial charge is 0.457 e. The SMILES string of the molecule is CCCCCCCCCCCCC(OC(=O)CCCCCCCCc1ccc2ccccc2c1)C(=O)N[C@H]1C(O[SiH](C)C)O[C@H](COC(C)(C)C)[C@@H](O)[C@@H]1OC(=O)CCCCCCCCc1ccc2ccccc2c1. The first-order valence-corrected chi connectivity index (χ1v) is 32.4. The van der Waals surface area contributed by atoms with Crippen LogP contribution in [0.5, 0.6) is 0 Å². The van der Waals surface area contributed by atoms with Crippen LogP contribution < -0.4 is 5.32 Å². The van der Waals surface area contributed by atoms with Crippen molar-refractivity contribution in [1.29, 1.82) is 0 Å². The van der Waals surface area contributed by atoms with Gasteiger partial charge in [0.2, 0.25) is 0 Å². The minimum Gasteiger partial charge on any atom is -0.457 e. The highest BCUT2D eigenvalue weighted by Gasteiger charge is 2.50. The third kappa shape index (κ3) is 24.0. The second-order valence-electron chi connectivity index (χ2n) is 22.7. The fourth-order valence-electron chi connectivity index (χ4n) is 10.2. The van der Waals surface area contributed by atoms with E-state index < -0.39 is 69.2 Å². The summed E-state index contributed by atoms with van der Waals surface area (Å²) in [6.07, 6.45) is 20.7. The Bertz CT molecular complexity index is 2240. The molecule has 5 rings (SSSR count). The van der Waals surface area contributed by atoms with Crippen LogP contribution in [-0.4, -0.2) is 80.9 Å². The van der Waals surface area contributed by atoms with Crippen LogP contribution in [0, 0.1) is 0 Å². The Kier molecular flexibility index (Phi) is 28.5. The van der Waals surface area contributed by atoms with E-state index in [1.165, 1.54) is 71.2 Å². The summed E-state index contributed by atoms with van der Waals surface area (Å²) in [6, 6.07) is 29.3. The lowest BCUT2D eigenvalue weighted by atomic mass is 9.95. The van der Waals surface area contributed by atoms with Crippen LogP contribution in [0.15, 0.2) is 84.9 Å². The van der Waals surface area contributed by atoms with E-state index in [9.17, 15) is 19.5 Å². The van der Waals surface area contributed by atoms with Crippen molar-refractivity contribution in [2.24, 2.45) is 0 Å². The number of rotatable bonds is 37. The number of nitrogens with one attached hydrogen (secondary N) is 1. The van der Waals surface area contributed by atoms with E-state index >= 15 is 0 Å². The van der Waals surface area contributed by atoms with Crippen LogP contribution in [0.1, 0.15) is 199 Å². The third-order valence-electron chi connectivity index (χ3n) is 14.5. The van der Waals surface area contributed by atoms with E-state index in [1.807, 2.05) is 33.9 Å². The van der Waals surface area contributed by atoms with Crippen molar-refractivity contribution in [2.45, 2.75) is 256 Å². The molecule has 11 heteroatoms. The Balaban J connectivity index is 1.14. The van der Waals surface area contributed by atoms with Crippen LogP contribution in [-0.2, 0) is 50.6 Å². The lowest BCUT2D eigenvalue weighted by Crippen LogP contribution is -2.67. The Hall–Kier alpha value is -4.13. The van der Waals surface area contributed by atoms with Gasteiger partial charge >= 0.3 is 11.9 Å². The minimum atomic E-state index is -1.82. The summed E-state index contributed by atoms with van der Waals surface area (Å²) in [5.74, 6) is -1.35. The van der Waals surface area contributed by atoms with Gasteiger partial charge in [-0.25, -0.2) is 0 Å². The normalized spacial score (nSPS) is 18.4. The van der Waals surface area contributed by atoms with E-state index in [0.29, 0.717) is 19.3 Å². The molecule has 1 heterocycles. The highest BCUT2D eigenvalue weighted by Crippen LogP contribution is 2.29. The molecular weight excluding hydrogens is 955 g/mol. The second kappa shape index (κ2) is 34.6. The molecule has 75 heavy (non-hydrogen) atoms. The van der Waals surface area contributed by atoms with Crippen molar-refractivity contribution in [3.8, 4) is 0 Å². The predicted molar refractivity (Wildman–Crippen MR) is 308 cm³/mol. The second-order valence-corrected chi connectivity index (χ2v) is 25.1. The summed E-state index contributed by atoms with van der Waals surface area (Å²) in [6.45, 7) is 12.0.